The van der Waals surface area contributed by atoms with E-state index in [-0.39, 0.29) is 11.5 Å². The third-order valence-electron chi connectivity index (χ3n) is 4.59. The molecule has 2 heterocycles. The SMILES string of the molecule is O=C(C1CC=CC1)N1CCOC2(CCCNC2)C1.O=C(O)C(F)(F)F. The van der Waals surface area contributed by atoms with Crippen LogP contribution in [0, 0.1) is 5.92 Å². The van der Waals surface area contributed by atoms with Crippen LogP contribution in [0.25, 0.3) is 0 Å². The van der Waals surface area contributed by atoms with E-state index in [9.17, 15) is 18.0 Å². The molecule has 0 aromatic heterocycles. The molecular formula is C16H23F3N2O4. The number of nitrogens with one attached hydrogen (secondary N) is 1. The molecule has 0 aromatic carbocycles. The molecule has 2 saturated heterocycles. The van der Waals surface area contributed by atoms with Crippen molar-refractivity contribution < 1.29 is 32.6 Å². The minimum Gasteiger partial charge on any atom is -0.475 e. The summed E-state index contributed by atoms with van der Waals surface area (Å²) in [6, 6.07) is 0. The van der Waals surface area contributed by atoms with E-state index in [4.69, 9.17) is 14.6 Å². The number of rotatable bonds is 1. The van der Waals surface area contributed by atoms with Crippen molar-refractivity contribution in [2.45, 2.75) is 37.5 Å². The van der Waals surface area contributed by atoms with E-state index in [0.717, 1.165) is 51.9 Å². The molecule has 2 fully saturated rings. The zero-order valence-corrected chi connectivity index (χ0v) is 13.8. The standard InChI is InChI=1S/C14H22N2O2.C2HF3O2/c17-13(12-4-1-2-5-12)16-8-9-18-14(11-16)6-3-7-15-10-14;3-2(4,5)1(6)7/h1-2,12,15H,3-11H2;(H,6,7). The first-order valence-electron chi connectivity index (χ1n) is 8.32. The highest BCUT2D eigenvalue weighted by Gasteiger charge is 2.40. The van der Waals surface area contributed by atoms with E-state index < -0.39 is 12.1 Å². The second kappa shape index (κ2) is 8.18. The normalized spacial score (nSPS) is 27.1. The van der Waals surface area contributed by atoms with Crippen LogP contribution in [0.15, 0.2) is 12.2 Å². The van der Waals surface area contributed by atoms with Crippen molar-refractivity contribution in [3.63, 3.8) is 0 Å². The molecule has 2 N–H and O–H groups in total. The predicted octanol–water partition coefficient (Wildman–Crippen LogP) is 1.57. The van der Waals surface area contributed by atoms with Crippen LogP contribution in [0.2, 0.25) is 0 Å². The van der Waals surface area contributed by atoms with Gasteiger partial charge in [0.05, 0.1) is 18.8 Å². The summed E-state index contributed by atoms with van der Waals surface area (Å²) in [5.74, 6) is -2.24. The Bertz CT molecular complexity index is 502. The van der Waals surface area contributed by atoms with Crippen LogP contribution in [-0.2, 0) is 14.3 Å². The number of aliphatic carboxylic acids is 1. The summed E-state index contributed by atoms with van der Waals surface area (Å²) < 4.78 is 37.7. The molecule has 1 aliphatic carbocycles. The largest absolute Gasteiger partial charge is 0.490 e. The zero-order chi connectivity index (χ0) is 18.5. The summed E-state index contributed by atoms with van der Waals surface area (Å²) in [5.41, 5.74) is -0.113. The number of carboxylic acid groups (broad SMARTS) is 1. The van der Waals surface area contributed by atoms with Gasteiger partial charge in [0.25, 0.3) is 0 Å². The lowest BCUT2D eigenvalue weighted by Gasteiger charge is -2.45. The maximum absolute atomic E-state index is 12.4. The van der Waals surface area contributed by atoms with Gasteiger partial charge in [0.1, 0.15) is 0 Å². The number of alkyl halides is 3. The van der Waals surface area contributed by atoms with Crippen molar-refractivity contribution in [3.8, 4) is 0 Å². The van der Waals surface area contributed by atoms with Crippen LogP contribution in [-0.4, -0.2) is 66.4 Å². The molecule has 9 heteroatoms. The summed E-state index contributed by atoms with van der Waals surface area (Å²) in [6.45, 7) is 4.19. The number of hydrogen-bond donors (Lipinski definition) is 2. The van der Waals surface area contributed by atoms with Crippen LogP contribution < -0.4 is 5.32 Å². The monoisotopic (exact) mass is 364 g/mol. The fourth-order valence-corrected chi connectivity index (χ4v) is 3.31. The molecule has 6 nitrogen and oxygen atoms in total. The van der Waals surface area contributed by atoms with E-state index in [1.807, 2.05) is 4.90 Å². The Morgan fingerprint density at radius 1 is 1.28 bits per heavy atom. The quantitative estimate of drug-likeness (QED) is 0.691. The molecule has 1 unspecified atom stereocenters. The summed E-state index contributed by atoms with van der Waals surface area (Å²) in [4.78, 5) is 23.4. The Kier molecular flexibility index (Phi) is 6.45. The molecule has 3 aliphatic rings. The molecule has 0 saturated carbocycles. The lowest BCUT2D eigenvalue weighted by Crippen LogP contribution is -2.60. The van der Waals surface area contributed by atoms with Crippen molar-refractivity contribution in [2.75, 3.05) is 32.8 Å². The molecule has 1 spiro atoms. The number of piperidine rings is 1. The Morgan fingerprint density at radius 3 is 2.44 bits per heavy atom. The van der Waals surface area contributed by atoms with Crippen molar-refractivity contribution in [3.05, 3.63) is 12.2 Å². The van der Waals surface area contributed by atoms with Gasteiger partial charge in [-0.1, -0.05) is 12.2 Å². The number of carbonyl (C=O) groups excluding carboxylic acids is 1. The summed E-state index contributed by atoms with van der Waals surface area (Å²) >= 11 is 0. The topological polar surface area (TPSA) is 78.9 Å². The second-order valence-corrected chi connectivity index (χ2v) is 6.51. The Hall–Kier alpha value is -1.61. The summed E-state index contributed by atoms with van der Waals surface area (Å²) in [7, 11) is 0. The highest BCUT2D eigenvalue weighted by atomic mass is 19.4. The Labute approximate surface area is 144 Å². The molecule has 2 aliphatic heterocycles. The molecule has 0 radical (unpaired) electrons. The molecule has 3 rings (SSSR count). The van der Waals surface area contributed by atoms with Gasteiger partial charge in [0.15, 0.2) is 0 Å². The van der Waals surface area contributed by atoms with E-state index in [1.54, 1.807) is 0 Å². The van der Waals surface area contributed by atoms with Gasteiger partial charge >= 0.3 is 12.1 Å². The van der Waals surface area contributed by atoms with Gasteiger partial charge in [-0.2, -0.15) is 13.2 Å². The third-order valence-corrected chi connectivity index (χ3v) is 4.59. The van der Waals surface area contributed by atoms with Crippen molar-refractivity contribution in [1.29, 1.82) is 0 Å². The van der Waals surface area contributed by atoms with Gasteiger partial charge in [-0.25, -0.2) is 4.79 Å². The Balaban J connectivity index is 0.000000277. The summed E-state index contributed by atoms with van der Waals surface area (Å²) in [5, 5.41) is 10.5. The van der Waals surface area contributed by atoms with Crippen molar-refractivity contribution in [2.24, 2.45) is 5.92 Å². The third kappa shape index (κ3) is 5.43. The number of ether oxygens (including phenoxy) is 1. The average molecular weight is 364 g/mol. The molecule has 1 amide bonds. The number of amides is 1. The highest BCUT2D eigenvalue weighted by Crippen LogP contribution is 2.28. The summed E-state index contributed by atoms with van der Waals surface area (Å²) in [6.07, 6.45) is 3.23. The molecule has 142 valence electrons. The van der Waals surface area contributed by atoms with E-state index in [0.29, 0.717) is 12.5 Å². The number of carboxylic acids is 1. The number of morpholine rings is 1. The molecule has 25 heavy (non-hydrogen) atoms. The lowest BCUT2D eigenvalue weighted by molar-refractivity contribution is -0.192. The van der Waals surface area contributed by atoms with Crippen molar-refractivity contribution in [1.82, 2.24) is 10.2 Å². The lowest BCUT2D eigenvalue weighted by atomic mass is 9.91. The van der Waals surface area contributed by atoms with Gasteiger partial charge < -0.3 is 20.1 Å². The molecular weight excluding hydrogens is 341 g/mol. The first-order valence-corrected chi connectivity index (χ1v) is 8.32. The van der Waals surface area contributed by atoms with E-state index in [1.165, 1.54) is 0 Å². The number of allylic oxidation sites excluding steroid dienone is 2. The molecule has 0 bridgehead atoms. The predicted molar refractivity (Wildman–Crippen MR) is 82.9 cm³/mol. The average Bonchev–Trinajstić information content (AvgIpc) is 3.09. The van der Waals surface area contributed by atoms with Gasteiger partial charge in [-0.05, 0) is 32.2 Å². The van der Waals surface area contributed by atoms with E-state index >= 15 is 0 Å². The maximum atomic E-state index is 12.4. The van der Waals surface area contributed by atoms with Crippen LogP contribution >= 0.6 is 0 Å². The van der Waals surface area contributed by atoms with E-state index in [2.05, 4.69) is 17.5 Å². The van der Waals surface area contributed by atoms with Crippen LogP contribution in [0.4, 0.5) is 13.2 Å². The van der Waals surface area contributed by atoms with Crippen LogP contribution in [0.3, 0.4) is 0 Å². The minimum absolute atomic E-state index is 0.113. The Morgan fingerprint density at radius 2 is 1.92 bits per heavy atom. The van der Waals surface area contributed by atoms with Crippen LogP contribution in [0.1, 0.15) is 25.7 Å². The van der Waals surface area contributed by atoms with Gasteiger partial charge in [0, 0.05) is 19.0 Å². The second-order valence-electron chi connectivity index (χ2n) is 6.51. The maximum Gasteiger partial charge on any atom is 0.490 e. The number of hydrogen-bond acceptors (Lipinski definition) is 4. The fraction of sp³-hybridized carbons (Fsp3) is 0.750. The molecule has 1 atom stereocenters. The van der Waals surface area contributed by atoms with Crippen LogP contribution in [0.5, 0.6) is 0 Å². The zero-order valence-electron chi connectivity index (χ0n) is 13.8. The fourth-order valence-electron chi connectivity index (χ4n) is 3.31. The van der Waals surface area contributed by atoms with Gasteiger partial charge in [0.2, 0.25) is 5.91 Å². The van der Waals surface area contributed by atoms with Crippen molar-refractivity contribution >= 4 is 11.9 Å². The first-order chi connectivity index (χ1) is 11.7. The smallest absolute Gasteiger partial charge is 0.475 e. The number of halogens is 3. The highest BCUT2D eigenvalue weighted by molar-refractivity contribution is 5.80. The number of carbonyl (C=O) groups is 2. The number of nitrogens with zero attached hydrogens (tertiary/aromatic N) is 1. The first kappa shape index (κ1) is 19.7. The van der Waals surface area contributed by atoms with Gasteiger partial charge in [-0.15, -0.1) is 0 Å². The molecule has 0 aromatic rings. The minimum atomic E-state index is -5.08. The van der Waals surface area contributed by atoms with Gasteiger partial charge in [-0.3, -0.25) is 4.79 Å².